The summed E-state index contributed by atoms with van der Waals surface area (Å²) in [6.45, 7) is 19.9. The number of benzene rings is 1. The van der Waals surface area contributed by atoms with Gasteiger partial charge in [-0.3, -0.25) is 20.0 Å². The van der Waals surface area contributed by atoms with Crippen molar-refractivity contribution < 1.29 is 0 Å². The quantitative estimate of drug-likeness (QED) is 0.505. The van der Waals surface area contributed by atoms with Crippen molar-refractivity contribution >= 4 is 24.9 Å². The van der Waals surface area contributed by atoms with Crippen LogP contribution in [0.15, 0.2) is 61.5 Å². The molecule has 0 radical (unpaired) electrons. The number of nitrogens with one attached hydrogen (secondary N) is 2. The first-order chi connectivity index (χ1) is 18.1. The molecule has 6 nitrogen and oxygen atoms in total. The first kappa shape index (κ1) is 29.9. The van der Waals surface area contributed by atoms with Gasteiger partial charge in [0, 0.05) is 57.0 Å². The van der Waals surface area contributed by atoms with E-state index in [1.54, 1.807) is 0 Å². The van der Waals surface area contributed by atoms with Crippen LogP contribution in [0.1, 0.15) is 64.7 Å². The largest absolute Gasteiger partial charge is 0.313 e. The van der Waals surface area contributed by atoms with E-state index in [9.17, 15) is 0 Å². The van der Waals surface area contributed by atoms with E-state index < -0.39 is 0 Å². The Morgan fingerprint density at radius 3 is 1.71 bits per heavy atom. The van der Waals surface area contributed by atoms with Gasteiger partial charge in [0.15, 0.2) is 0 Å². The predicted molar refractivity (Wildman–Crippen MR) is 166 cm³/mol. The van der Waals surface area contributed by atoms with Crippen LogP contribution in [0, 0.1) is 11.3 Å². The number of allylic oxidation sites excluding steroid dienone is 4. The van der Waals surface area contributed by atoms with Gasteiger partial charge in [0.2, 0.25) is 0 Å². The van der Waals surface area contributed by atoms with Gasteiger partial charge in [-0.1, -0.05) is 59.3 Å². The monoisotopic (exact) mass is 516 g/mol. The van der Waals surface area contributed by atoms with Crippen LogP contribution in [0.25, 0.3) is 0 Å². The zero-order chi connectivity index (χ0) is 27.4. The first-order valence-corrected chi connectivity index (χ1v) is 14.1. The minimum atomic E-state index is 0.0673. The third-order valence-electron chi connectivity index (χ3n) is 6.70. The lowest BCUT2D eigenvalue weighted by Crippen LogP contribution is -2.21. The Kier molecular flexibility index (Phi) is 11.4. The molecular weight excluding hydrogens is 468 g/mol. The Bertz CT molecular complexity index is 1080. The van der Waals surface area contributed by atoms with Crippen molar-refractivity contribution in [3.63, 3.8) is 0 Å². The van der Waals surface area contributed by atoms with E-state index in [0.29, 0.717) is 5.92 Å². The maximum atomic E-state index is 4.73. The molecule has 0 saturated carbocycles. The Labute approximate surface area is 230 Å². The standard InChI is InChI=1S/C32H48N6/c1-31(2,3)29-17-25-15-26(18-29)22-36-12-8-34-10-14-38-24-28-16-27(19-30(20-28)32(4,5)6)23-37-13-9-33-7-11-35-21-25/h15-19,21-24,28,33-34H,7-14,20H2,1-6H3. The maximum absolute atomic E-state index is 4.73. The molecule has 1 heterocycles. The van der Waals surface area contributed by atoms with Gasteiger partial charge in [-0.05, 0) is 57.7 Å². The van der Waals surface area contributed by atoms with Crippen LogP contribution in [0.3, 0.4) is 0 Å². The molecule has 3 rings (SSSR count). The van der Waals surface area contributed by atoms with Gasteiger partial charge >= 0.3 is 0 Å². The Morgan fingerprint density at radius 1 is 0.658 bits per heavy atom. The third-order valence-corrected chi connectivity index (χ3v) is 6.70. The van der Waals surface area contributed by atoms with Gasteiger partial charge < -0.3 is 10.6 Å². The molecule has 0 spiro atoms. The van der Waals surface area contributed by atoms with Crippen LogP contribution < -0.4 is 10.6 Å². The Hall–Kier alpha value is -2.70. The van der Waals surface area contributed by atoms with Crippen LogP contribution in [0.2, 0.25) is 0 Å². The topological polar surface area (TPSA) is 73.5 Å². The third kappa shape index (κ3) is 10.6. The summed E-state index contributed by atoms with van der Waals surface area (Å²) in [6.07, 6.45) is 13.7. The lowest BCUT2D eigenvalue weighted by molar-refractivity contribution is 0.472. The second-order valence-electron chi connectivity index (χ2n) is 12.3. The zero-order valence-corrected chi connectivity index (χ0v) is 24.4. The highest BCUT2D eigenvalue weighted by molar-refractivity contribution is 5.87. The fraction of sp³-hybridized carbons (Fsp3) is 0.562. The van der Waals surface area contributed by atoms with Crippen molar-refractivity contribution in [2.75, 3.05) is 52.4 Å². The summed E-state index contributed by atoms with van der Waals surface area (Å²) < 4.78 is 0. The number of hydrogen-bond acceptors (Lipinski definition) is 6. The lowest BCUT2D eigenvalue weighted by atomic mass is 9.77. The molecule has 4 bridgehead atoms. The zero-order valence-electron chi connectivity index (χ0n) is 24.4. The van der Waals surface area contributed by atoms with Crippen LogP contribution >= 0.6 is 0 Å². The minimum absolute atomic E-state index is 0.0673. The molecule has 6 heteroatoms. The number of fused-ring (bicyclic) bond motifs is 3. The smallest absolute Gasteiger partial charge is 0.0514 e. The van der Waals surface area contributed by atoms with Gasteiger partial charge in [0.05, 0.1) is 26.2 Å². The number of rotatable bonds is 0. The second-order valence-corrected chi connectivity index (χ2v) is 12.3. The van der Waals surface area contributed by atoms with Crippen LogP contribution in [-0.2, 0) is 5.41 Å². The fourth-order valence-corrected chi connectivity index (χ4v) is 4.37. The van der Waals surface area contributed by atoms with Crippen molar-refractivity contribution in [1.29, 1.82) is 0 Å². The van der Waals surface area contributed by atoms with Gasteiger partial charge in [0.1, 0.15) is 0 Å². The van der Waals surface area contributed by atoms with Crippen molar-refractivity contribution in [2.45, 2.75) is 53.4 Å². The van der Waals surface area contributed by atoms with E-state index in [1.807, 2.05) is 18.6 Å². The van der Waals surface area contributed by atoms with Crippen molar-refractivity contribution in [2.24, 2.45) is 31.3 Å². The van der Waals surface area contributed by atoms with Gasteiger partial charge in [-0.2, -0.15) is 0 Å². The summed E-state index contributed by atoms with van der Waals surface area (Å²) in [5.74, 6) is 0.315. The Balaban J connectivity index is 1.69. The highest BCUT2D eigenvalue weighted by Gasteiger charge is 2.22. The molecule has 0 aromatic heterocycles. The summed E-state index contributed by atoms with van der Waals surface area (Å²) in [4.78, 5) is 18.7. The normalized spacial score (nSPS) is 20.9. The average Bonchev–Trinajstić information content (AvgIpc) is 2.85. The molecule has 0 amide bonds. The summed E-state index contributed by atoms with van der Waals surface area (Å²) in [5, 5.41) is 6.92. The number of hydrogen-bond donors (Lipinski definition) is 2. The molecule has 1 aliphatic carbocycles. The molecule has 1 aromatic rings. The van der Waals surface area contributed by atoms with E-state index in [2.05, 4.69) is 104 Å². The van der Waals surface area contributed by atoms with Gasteiger partial charge in [-0.15, -0.1) is 0 Å². The number of nitrogens with zero attached hydrogens (tertiary/aromatic N) is 4. The highest BCUT2D eigenvalue weighted by atomic mass is 14.9. The van der Waals surface area contributed by atoms with Crippen molar-refractivity contribution in [3.8, 4) is 0 Å². The molecule has 1 unspecified atom stereocenters. The first-order valence-electron chi connectivity index (χ1n) is 14.1. The molecule has 1 aliphatic heterocycles. The second kappa shape index (κ2) is 14.5. The van der Waals surface area contributed by atoms with Crippen LogP contribution in [0.5, 0.6) is 0 Å². The van der Waals surface area contributed by atoms with E-state index in [4.69, 9.17) is 4.99 Å². The minimum Gasteiger partial charge on any atom is -0.313 e. The lowest BCUT2D eigenvalue weighted by Gasteiger charge is -2.28. The van der Waals surface area contributed by atoms with Gasteiger partial charge in [-0.25, -0.2) is 0 Å². The van der Waals surface area contributed by atoms with Crippen molar-refractivity contribution in [1.82, 2.24) is 10.6 Å². The van der Waals surface area contributed by atoms with Gasteiger partial charge in [0.25, 0.3) is 0 Å². The molecular formula is C32H48N6. The summed E-state index contributed by atoms with van der Waals surface area (Å²) in [5.41, 5.74) is 6.38. The molecule has 1 atom stereocenters. The summed E-state index contributed by atoms with van der Waals surface area (Å²) >= 11 is 0. The molecule has 0 saturated heterocycles. The van der Waals surface area contributed by atoms with E-state index >= 15 is 0 Å². The van der Waals surface area contributed by atoms with E-state index in [1.165, 1.54) is 16.7 Å². The predicted octanol–water partition coefficient (Wildman–Crippen LogP) is 5.08. The highest BCUT2D eigenvalue weighted by Crippen LogP contribution is 2.34. The van der Waals surface area contributed by atoms with Crippen LogP contribution in [-0.4, -0.2) is 77.2 Å². The van der Waals surface area contributed by atoms with Crippen LogP contribution in [0.4, 0.5) is 0 Å². The molecule has 38 heavy (non-hydrogen) atoms. The molecule has 0 fully saturated rings. The SMILES string of the molecule is CC(C)(C)C1=CC2=CC(C=NCCNCCN=Cc3cc(cc(C(C)(C)C)c3)C=NCCNCCN=C2)C1. The van der Waals surface area contributed by atoms with Crippen molar-refractivity contribution in [3.05, 3.63) is 58.2 Å². The summed E-state index contributed by atoms with van der Waals surface area (Å²) in [7, 11) is 0. The van der Waals surface area contributed by atoms with E-state index in [0.717, 1.165) is 69.9 Å². The molecule has 206 valence electrons. The molecule has 2 N–H and O–H groups in total. The average molecular weight is 517 g/mol. The molecule has 2 aliphatic rings. The van der Waals surface area contributed by atoms with E-state index in [-0.39, 0.29) is 10.8 Å². The molecule has 1 aromatic carbocycles. The Morgan fingerprint density at radius 2 is 1.18 bits per heavy atom. The maximum Gasteiger partial charge on any atom is 0.0514 e. The number of aliphatic imine (C=N–C) groups is 4. The fourth-order valence-electron chi connectivity index (χ4n) is 4.37. The summed E-state index contributed by atoms with van der Waals surface area (Å²) in [6, 6.07) is 6.63.